The van der Waals surface area contributed by atoms with E-state index in [9.17, 15) is 4.79 Å². The lowest BCUT2D eigenvalue weighted by Gasteiger charge is -2.41. The van der Waals surface area contributed by atoms with Crippen LogP contribution in [0.2, 0.25) is 0 Å². The first kappa shape index (κ1) is 18.4. The third-order valence-electron chi connectivity index (χ3n) is 4.37. The van der Waals surface area contributed by atoms with Crippen molar-refractivity contribution in [3.8, 4) is 0 Å². The van der Waals surface area contributed by atoms with E-state index in [-0.39, 0.29) is 5.54 Å². The van der Waals surface area contributed by atoms with Crippen LogP contribution in [0.15, 0.2) is 12.7 Å². The minimum Gasteiger partial charge on any atom is -0.298 e. The molecule has 0 saturated heterocycles. The van der Waals surface area contributed by atoms with Gasteiger partial charge < -0.3 is 0 Å². The minimum atomic E-state index is -0.220. The van der Waals surface area contributed by atoms with Crippen molar-refractivity contribution in [3.63, 3.8) is 0 Å². The second-order valence-electron chi connectivity index (χ2n) is 5.22. The lowest BCUT2D eigenvalue weighted by Crippen LogP contribution is -2.53. The smallest absolute Gasteiger partial charge is 0.153 e. The van der Waals surface area contributed by atoms with Crippen molar-refractivity contribution in [1.29, 1.82) is 0 Å². The number of carbonyl (C=O) groups is 1. The van der Waals surface area contributed by atoms with Gasteiger partial charge in [0, 0.05) is 6.42 Å². The summed E-state index contributed by atoms with van der Waals surface area (Å²) in [6.07, 6.45) is 8.93. The van der Waals surface area contributed by atoms with E-state index in [0.29, 0.717) is 5.78 Å². The molecule has 0 aromatic rings. The van der Waals surface area contributed by atoms with Crippen molar-refractivity contribution >= 4 is 5.78 Å². The molecule has 0 unspecified atom stereocenters. The van der Waals surface area contributed by atoms with E-state index in [0.717, 1.165) is 58.0 Å². The molecule has 0 spiro atoms. The Morgan fingerprint density at radius 2 is 1.63 bits per heavy atom. The van der Waals surface area contributed by atoms with Gasteiger partial charge in [-0.3, -0.25) is 9.69 Å². The second kappa shape index (κ2) is 10.2. The molecule has 0 radical (unpaired) electrons. The topological polar surface area (TPSA) is 20.3 Å². The van der Waals surface area contributed by atoms with Gasteiger partial charge >= 0.3 is 0 Å². The van der Waals surface area contributed by atoms with Crippen LogP contribution >= 0.6 is 0 Å². The van der Waals surface area contributed by atoms with Crippen LogP contribution in [0.5, 0.6) is 0 Å². The first-order chi connectivity index (χ1) is 9.12. The summed E-state index contributed by atoms with van der Waals surface area (Å²) in [6.45, 7) is 14.3. The fourth-order valence-electron chi connectivity index (χ4n) is 3.08. The second-order valence-corrected chi connectivity index (χ2v) is 5.22. The molecule has 0 N–H and O–H groups in total. The first-order valence-corrected chi connectivity index (χ1v) is 8.02. The quantitative estimate of drug-likeness (QED) is 0.381. The Morgan fingerprint density at radius 1 is 1.05 bits per heavy atom. The molecule has 19 heavy (non-hydrogen) atoms. The normalized spacial score (nSPS) is 11.8. The largest absolute Gasteiger partial charge is 0.298 e. The minimum absolute atomic E-state index is 0.220. The van der Waals surface area contributed by atoms with Gasteiger partial charge in [-0.1, -0.05) is 40.2 Å². The molecule has 0 aromatic heterocycles. The molecule has 112 valence electrons. The summed E-state index contributed by atoms with van der Waals surface area (Å²) in [5.41, 5.74) is -0.220. The van der Waals surface area contributed by atoms with E-state index in [1.165, 1.54) is 0 Å². The molecule has 0 heterocycles. The molecule has 0 fully saturated rings. The summed E-state index contributed by atoms with van der Waals surface area (Å²) in [7, 11) is 0. The maximum absolute atomic E-state index is 12.7. The van der Waals surface area contributed by atoms with E-state index >= 15 is 0 Å². The number of likely N-dealkylation sites (N-methyl/N-ethyl adjacent to an activating group) is 1. The highest BCUT2D eigenvalue weighted by Gasteiger charge is 2.38. The maximum Gasteiger partial charge on any atom is 0.153 e. The van der Waals surface area contributed by atoms with E-state index in [2.05, 4.69) is 39.2 Å². The summed E-state index contributed by atoms with van der Waals surface area (Å²) in [6, 6.07) is 0. The number of nitrogens with zero attached hydrogens (tertiary/aromatic N) is 1. The Kier molecular flexibility index (Phi) is 9.85. The van der Waals surface area contributed by atoms with Gasteiger partial charge in [-0.05, 0) is 45.2 Å². The monoisotopic (exact) mass is 267 g/mol. The number of hydrogen-bond acceptors (Lipinski definition) is 2. The molecule has 2 nitrogen and oxygen atoms in total. The highest BCUT2D eigenvalue weighted by molar-refractivity contribution is 5.88. The van der Waals surface area contributed by atoms with Gasteiger partial charge in [0.05, 0.1) is 5.54 Å². The standard InChI is InChI=1S/C17H33NO/c1-6-11-12-13-14-15-16(19)17(7-2,8-3)18(9-4)10-5/h6H,1,7-15H2,2-5H3. The Morgan fingerprint density at radius 3 is 2.05 bits per heavy atom. The average Bonchev–Trinajstić information content (AvgIpc) is 2.44. The van der Waals surface area contributed by atoms with Crippen molar-refractivity contribution in [2.24, 2.45) is 0 Å². The Labute approximate surface area is 120 Å². The highest BCUT2D eigenvalue weighted by Crippen LogP contribution is 2.27. The van der Waals surface area contributed by atoms with Crippen LogP contribution in [0.3, 0.4) is 0 Å². The summed E-state index contributed by atoms with van der Waals surface area (Å²) >= 11 is 0. The lowest BCUT2D eigenvalue weighted by molar-refractivity contribution is -0.132. The van der Waals surface area contributed by atoms with Crippen molar-refractivity contribution in [3.05, 3.63) is 12.7 Å². The molecule has 0 aliphatic rings. The van der Waals surface area contributed by atoms with Crippen molar-refractivity contribution in [1.82, 2.24) is 4.90 Å². The third kappa shape index (κ3) is 5.10. The van der Waals surface area contributed by atoms with Crippen LogP contribution in [0.1, 0.15) is 72.6 Å². The number of carbonyl (C=O) groups excluding carboxylic acids is 1. The molecule has 0 aromatic carbocycles. The molecular weight excluding hydrogens is 234 g/mol. The Hall–Kier alpha value is -0.630. The number of unbranched alkanes of at least 4 members (excludes halogenated alkanes) is 3. The Balaban J connectivity index is 4.52. The number of Topliss-reactive ketones (excluding diaryl/α,β-unsaturated/α-hetero) is 1. The molecule has 0 saturated carbocycles. The van der Waals surface area contributed by atoms with Crippen molar-refractivity contribution in [2.75, 3.05) is 13.1 Å². The number of rotatable bonds is 12. The SMILES string of the molecule is C=CCCCCCC(=O)C(CC)(CC)N(CC)CC. The van der Waals surface area contributed by atoms with Gasteiger partial charge in [0.1, 0.15) is 0 Å². The first-order valence-electron chi connectivity index (χ1n) is 8.02. The number of allylic oxidation sites excluding steroid dienone is 1. The van der Waals surface area contributed by atoms with Crippen LogP contribution in [0, 0.1) is 0 Å². The van der Waals surface area contributed by atoms with Gasteiger partial charge in [-0.25, -0.2) is 0 Å². The van der Waals surface area contributed by atoms with E-state index in [4.69, 9.17) is 0 Å². The summed E-state index contributed by atoms with van der Waals surface area (Å²) in [4.78, 5) is 15.0. The highest BCUT2D eigenvalue weighted by atomic mass is 16.1. The van der Waals surface area contributed by atoms with Crippen LogP contribution < -0.4 is 0 Å². The summed E-state index contributed by atoms with van der Waals surface area (Å²) < 4.78 is 0. The van der Waals surface area contributed by atoms with Gasteiger partial charge in [-0.15, -0.1) is 6.58 Å². The van der Waals surface area contributed by atoms with Crippen molar-refractivity contribution in [2.45, 2.75) is 78.2 Å². The predicted octanol–water partition coefficient (Wildman–Crippen LogP) is 4.59. The maximum atomic E-state index is 12.7. The summed E-state index contributed by atoms with van der Waals surface area (Å²) in [5.74, 6) is 0.444. The van der Waals surface area contributed by atoms with Gasteiger partial charge in [0.15, 0.2) is 5.78 Å². The van der Waals surface area contributed by atoms with E-state index in [1.54, 1.807) is 0 Å². The van der Waals surface area contributed by atoms with E-state index < -0.39 is 0 Å². The average molecular weight is 267 g/mol. The van der Waals surface area contributed by atoms with Crippen molar-refractivity contribution < 1.29 is 4.79 Å². The molecule has 2 heteroatoms. The molecule has 0 amide bonds. The Bertz CT molecular complexity index is 252. The zero-order chi connectivity index (χ0) is 14.7. The van der Waals surface area contributed by atoms with Crippen LogP contribution in [-0.2, 0) is 4.79 Å². The van der Waals surface area contributed by atoms with Gasteiger partial charge in [0.25, 0.3) is 0 Å². The molecular formula is C17H33NO. The van der Waals surface area contributed by atoms with E-state index in [1.807, 2.05) is 6.08 Å². The van der Waals surface area contributed by atoms with Gasteiger partial charge in [-0.2, -0.15) is 0 Å². The summed E-state index contributed by atoms with van der Waals surface area (Å²) in [5, 5.41) is 0. The zero-order valence-corrected chi connectivity index (χ0v) is 13.5. The fourth-order valence-corrected chi connectivity index (χ4v) is 3.08. The van der Waals surface area contributed by atoms with Gasteiger partial charge in [0.2, 0.25) is 0 Å². The molecule has 0 bridgehead atoms. The number of hydrogen-bond donors (Lipinski definition) is 0. The predicted molar refractivity (Wildman–Crippen MR) is 84.5 cm³/mol. The molecule has 0 aliphatic heterocycles. The molecule has 0 rings (SSSR count). The fraction of sp³-hybridized carbons (Fsp3) is 0.824. The molecule has 0 atom stereocenters. The lowest BCUT2D eigenvalue weighted by atomic mass is 9.83. The van der Waals surface area contributed by atoms with Crippen LogP contribution in [0.25, 0.3) is 0 Å². The number of ketones is 1. The van der Waals surface area contributed by atoms with Crippen LogP contribution in [0.4, 0.5) is 0 Å². The zero-order valence-electron chi connectivity index (χ0n) is 13.5. The van der Waals surface area contributed by atoms with Crippen LogP contribution in [-0.4, -0.2) is 29.3 Å². The third-order valence-corrected chi connectivity index (χ3v) is 4.37. The molecule has 0 aliphatic carbocycles.